The fraction of sp³-hybridized carbons (Fsp3) is 0.250. The molecule has 2 aromatic carbocycles. The van der Waals surface area contributed by atoms with Crippen molar-refractivity contribution in [3.63, 3.8) is 0 Å². The number of hydrogen-bond donors (Lipinski definition) is 3. The molecule has 9 nitrogen and oxygen atoms in total. The third kappa shape index (κ3) is 5.90. The Balaban J connectivity index is 1.90. The van der Waals surface area contributed by atoms with Gasteiger partial charge in [0.25, 0.3) is 0 Å². The number of rotatable bonds is 10. The highest BCUT2D eigenvalue weighted by Gasteiger charge is 2.45. The van der Waals surface area contributed by atoms with Crippen LogP contribution in [0.2, 0.25) is 0 Å². The molecule has 0 aliphatic carbocycles. The van der Waals surface area contributed by atoms with E-state index in [-0.39, 0.29) is 16.9 Å². The van der Waals surface area contributed by atoms with E-state index < -0.39 is 63.2 Å². The Morgan fingerprint density at radius 1 is 0.969 bits per heavy atom. The van der Waals surface area contributed by atoms with Gasteiger partial charge in [0, 0.05) is 11.1 Å². The second kappa shape index (κ2) is 10.2. The van der Waals surface area contributed by atoms with E-state index in [1.165, 1.54) is 36.4 Å². The van der Waals surface area contributed by atoms with Crippen molar-refractivity contribution in [3.05, 3.63) is 82.8 Å². The fourth-order valence-electron chi connectivity index (χ4n) is 2.87. The summed E-state index contributed by atoms with van der Waals surface area (Å²) in [4.78, 5) is 30.5. The lowest BCUT2D eigenvalue weighted by Gasteiger charge is -2.23. The Kier molecular flexibility index (Phi) is 7.60. The van der Waals surface area contributed by atoms with Gasteiger partial charge in [-0.05, 0) is 12.1 Å². The average Bonchev–Trinajstić information content (AvgIpc) is 3.05. The maximum absolute atomic E-state index is 14.0. The van der Waals surface area contributed by atoms with E-state index >= 15 is 0 Å². The molecule has 0 spiro atoms. The van der Waals surface area contributed by atoms with Crippen LogP contribution >= 0.6 is 7.82 Å². The number of cyclic esters (lactones) is 1. The van der Waals surface area contributed by atoms with Crippen molar-refractivity contribution in [1.29, 1.82) is 0 Å². The number of benzene rings is 2. The molecule has 1 aliphatic rings. The molecule has 0 bridgehead atoms. The molecule has 12 heteroatoms. The molecular weight excluding hydrogens is 453 g/mol. The van der Waals surface area contributed by atoms with E-state index in [1.54, 1.807) is 12.1 Å². The van der Waals surface area contributed by atoms with E-state index in [1.807, 2.05) is 0 Å². The summed E-state index contributed by atoms with van der Waals surface area (Å²) < 4.78 is 59.5. The third-order valence-electron chi connectivity index (χ3n) is 4.36. The Morgan fingerprint density at radius 3 is 2.00 bits per heavy atom. The Labute approximate surface area is 181 Å². The smallest absolute Gasteiger partial charge is 0.470 e. The zero-order valence-electron chi connectivity index (χ0n) is 16.4. The molecule has 172 valence electrons. The van der Waals surface area contributed by atoms with Crippen molar-refractivity contribution < 1.29 is 51.8 Å². The van der Waals surface area contributed by atoms with E-state index in [4.69, 9.17) is 24.0 Å². The number of phosphoric acid groups is 1. The van der Waals surface area contributed by atoms with Crippen molar-refractivity contribution in [3.8, 4) is 0 Å². The summed E-state index contributed by atoms with van der Waals surface area (Å²) in [5.74, 6) is -3.20. The summed E-state index contributed by atoms with van der Waals surface area (Å²) in [5, 5.41) is 9.53. The first-order valence-electron chi connectivity index (χ1n) is 9.22. The molecule has 2 aromatic rings. The molecule has 0 saturated carbocycles. The number of esters is 1. The summed E-state index contributed by atoms with van der Waals surface area (Å²) >= 11 is 0. The number of carbonyl (C=O) groups is 1. The van der Waals surface area contributed by atoms with Crippen LogP contribution in [0.1, 0.15) is 11.1 Å². The quantitative estimate of drug-likeness (QED) is 0.352. The number of aliphatic hydroxyl groups excluding tert-OH is 1. The van der Waals surface area contributed by atoms with Gasteiger partial charge in [-0.25, -0.2) is 18.1 Å². The third-order valence-corrected chi connectivity index (χ3v) is 4.91. The molecule has 0 aromatic heterocycles. The van der Waals surface area contributed by atoms with Crippen molar-refractivity contribution in [2.45, 2.75) is 25.4 Å². The van der Waals surface area contributed by atoms with Crippen LogP contribution in [-0.2, 0) is 41.3 Å². The number of hydrogen-bond acceptors (Lipinski definition) is 7. The Bertz CT molecular complexity index is 1050. The zero-order valence-corrected chi connectivity index (χ0v) is 17.3. The van der Waals surface area contributed by atoms with Gasteiger partial charge in [0.15, 0.2) is 11.9 Å². The molecule has 32 heavy (non-hydrogen) atoms. The number of aliphatic hydroxyl groups is 1. The molecule has 1 heterocycles. The first kappa shape index (κ1) is 23.8. The van der Waals surface area contributed by atoms with Crippen LogP contribution in [0.5, 0.6) is 0 Å². The minimum absolute atomic E-state index is 0.100. The van der Waals surface area contributed by atoms with Gasteiger partial charge in [0.2, 0.25) is 5.76 Å². The zero-order chi connectivity index (χ0) is 23.3. The van der Waals surface area contributed by atoms with Crippen LogP contribution in [0.3, 0.4) is 0 Å². The van der Waals surface area contributed by atoms with Gasteiger partial charge in [-0.3, -0.25) is 4.52 Å². The highest BCUT2D eigenvalue weighted by molar-refractivity contribution is 7.46. The van der Waals surface area contributed by atoms with Crippen molar-refractivity contribution in [1.82, 2.24) is 0 Å². The molecule has 1 aliphatic heterocycles. The standard InChI is InChI=1S/C20H19F2O9P/c21-14-7-3-1-5-12(14)10-28-18-17(16(9-23)31-32(25,26)27)30-20(24)19(18)29-11-13-6-2-4-8-15(13)22/h1-8,16-17,23H,9-11H2,(H2,25,26,27)/t16-,17+/m0/s1. The van der Waals surface area contributed by atoms with E-state index in [0.717, 1.165) is 0 Å². The minimum atomic E-state index is -5.09. The van der Waals surface area contributed by atoms with Crippen LogP contribution in [0.4, 0.5) is 8.78 Å². The molecule has 2 atom stereocenters. The molecule has 0 radical (unpaired) electrons. The van der Waals surface area contributed by atoms with E-state index in [0.29, 0.717) is 0 Å². The van der Waals surface area contributed by atoms with Crippen LogP contribution < -0.4 is 0 Å². The van der Waals surface area contributed by atoms with Gasteiger partial charge in [0.05, 0.1) is 6.61 Å². The molecular formula is C20H19F2O9P. The Hall–Kier alpha value is -2.82. The summed E-state index contributed by atoms with van der Waals surface area (Å²) in [6.07, 6.45) is -3.33. The van der Waals surface area contributed by atoms with Gasteiger partial charge in [-0.15, -0.1) is 0 Å². The van der Waals surface area contributed by atoms with Gasteiger partial charge in [0.1, 0.15) is 31.0 Å². The second-order valence-corrected chi connectivity index (χ2v) is 7.79. The van der Waals surface area contributed by atoms with Crippen LogP contribution in [-0.4, -0.2) is 39.7 Å². The first-order valence-corrected chi connectivity index (χ1v) is 10.7. The van der Waals surface area contributed by atoms with Crippen LogP contribution in [0.15, 0.2) is 60.0 Å². The van der Waals surface area contributed by atoms with Gasteiger partial charge < -0.3 is 29.1 Å². The Morgan fingerprint density at radius 2 is 1.50 bits per heavy atom. The van der Waals surface area contributed by atoms with E-state index in [9.17, 15) is 23.2 Å². The lowest BCUT2D eigenvalue weighted by Crippen LogP contribution is -2.34. The van der Waals surface area contributed by atoms with E-state index in [2.05, 4.69) is 4.52 Å². The first-order chi connectivity index (χ1) is 15.2. The molecule has 0 amide bonds. The number of carbonyl (C=O) groups excluding carboxylic acids is 1. The largest absolute Gasteiger partial charge is 0.485 e. The minimum Gasteiger partial charge on any atom is -0.485 e. The van der Waals surface area contributed by atoms with Gasteiger partial charge in [-0.2, -0.15) is 0 Å². The summed E-state index contributed by atoms with van der Waals surface area (Å²) in [5.41, 5.74) is 0.206. The number of phosphoric ester groups is 1. The van der Waals surface area contributed by atoms with Crippen molar-refractivity contribution in [2.75, 3.05) is 6.61 Å². The maximum atomic E-state index is 14.0. The summed E-state index contributed by atoms with van der Waals surface area (Å²) in [6, 6.07) is 11.2. The van der Waals surface area contributed by atoms with Crippen LogP contribution in [0, 0.1) is 11.6 Å². The van der Waals surface area contributed by atoms with Crippen LogP contribution in [0.25, 0.3) is 0 Å². The lowest BCUT2D eigenvalue weighted by atomic mass is 10.1. The van der Waals surface area contributed by atoms with Crippen molar-refractivity contribution in [2.24, 2.45) is 0 Å². The summed E-state index contributed by atoms with van der Waals surface area (Å²) in [6.45, 7) is -1.77. The predicted octanol–water partition coefficient (Wildman–Crippen LogP) is 2.31. The lowest BCUT2D eigenvalue weighted by molar-refractivity contribution is -0.148. The molecule has 0 fully saturated rings. The summed E-state index contributed by atoms with van der Waals surface area (Å²) in [7, 11) is -5.09. The van der Waals surface area contributed by atoms with Gasteiger partial charge in [-0.1, -0.05) is 36.4 Å². The highest BCUT2D eigenvalue weighted by atomic mass is 31.2. The average molecular weight is 472 g/mol. The molecule has 0 saturated heterocycles. The second-order valence-electron chi connectivity index (χ2n) is 6.60. The normalized spacial score (nSPS) is 17.3. The number of halogens is 2. The topological polar surface area (TPSA) is 132 Å². The molecule has 3 rings (SSSR count). The van der Waals surface area contributed by atoms with Crippen molar-refractivity contribution >= 4 is 13.8 Å². The van der Waals surface area contributed by atoms with Gasteiger partial charge >= 0.3 is 13.8 Å². The maximum Gasteiger partial charge on any atom is 0.470 e. The highest BCUT2D eigenvalue weighted by Crippen LogP contribution is 2.41. The SMILES string of the molecule is O=C1O[C@H]([C@H](CO)OP(=O)(O)O)C(OCc2ccccc2F)=C1OCc1ccccc1F. The molecule has 3 N–H and O–H groups in total. The number of ether oxygens (including phenoxy) is 3. The molecule has 0 unspecified atom stereocenters. The predicted molar refractivity (Wildman–Crippen MR) is 103 cm³/mol. The monoisotopic (exact) mass is 472 g/mol. The fourth-order valence-corrected chi connectivity index (χ4v) is 3.40.